The molecule has 3 nitrogen and oxygen atoms in total. The van der Waals surface area contributed by atoms with E-state index in [4.69, 9.17) is 0 Å². The molecule has 2 aromatic rings. The molecule has 0 fully saturated rings. The summed E-state index contributed by atoms with van der Waals surface area (Å²) in [6, 6.07) is 7.90. The minimum atomic E-state index is -6.03. The molecule has 0 unspecified atom stereocenters. The summed E-state index contributed by atoms with van der Waals surface area (Å²) >= 11 is 0. The summed E-state index contributed by atoms with van der Waals surface area (Å²) in [5.41, 5.74) is 0.385. The Labute approximate surface area is 120 Å². The van der Waals surface area contributed by atoms with Gasteiger partial charge in [0.1, 0.15) is 5.76 Å². The molecule has 22 heavy (non-hydrogen) atoms. The highest BCUT2D eigenvalue weighted by Gasteiger charge is 2.62. The lowest BCUT2D eigenvalue weighted by molar-refractivity contribution is -0.266. The van der Waals surface area contributed by atoms with E-state index in [9.17, 15) is 31.9 Å². The van der Waals surface area contributed by atoms with E-state index in [1.807, 2.05) is 0 Å². The lowest BCUT2D eigenvalue weighted by Crippen LogP contribution is -2.43. The zero-order chi connectivity index (χ0) is 16.5. The number of alkyl halides is 5. The number of aliphatic hydroxyl groups is 1. The van der Waals surface area contributed by atoms with Crippen molar-refractivity contribution in [2.75, 3.05) is 0 Å². The Bertz CT molecular complexity index is 752. The molecule has 0 atom stereocenters. The molecule has 1 aromatic heterocycles. The van der Waals surface area contributed by atoms with Gasteiger partial charge in [-0.15, -0.1) is 0 Å². The van der Waals surface area contributed by atoms with Crippen molar-refractivity contribution in [3.8, 4) is 0 Å². The summed E-state index contributed by atoms with van der Waals surface area (Å²) in [5.74, 6) is -9.14. The molecule has 1 heterocycles. The van der Waals surface area contributed by atoms with Crippen molar-refractivity contribution in [2.45, 2.75) is 12.1 Å². The highest BCUT2D eigenvalue weighted by atomic mass is 19.4. The molecule has 0 aliphatic rings. The summed E-state index contributed by atoms with van der Waals surface area (Å²) in [7, 11) is 0. The van der Waals surface area contributed by atoms with E-state index in [0.29, 0.717) is 10.9 Å². The molecule has 0 radical (unpaired) electrons. The Morgan fingerprint density at radius 1 is 1.14 bits per heavy atom. The Balaban J connectivity index is 2.37. The van der Waals surface area contributed by atoms with Crippen LogP contribution in [0.15, 0.2) is 42.6 Å². The minimum absolute atomic E-state index is 0.148. The van der Waals surface area contributed by atoms with Gasteiger partial charge in [-0.25, -0.2) is 0 Å². The van der Waals surface area contributed by atoms with Crippen LogP contribution in [0, 0.1) is 0 Å². The van der Waals surface area contributed by atoms with Gasteiger partial charge in [-0.3, -0.25) is 9.78 Å². The molecular weight excluding hydrogens is 309 g/mol. The third-order valence-corrected chi connectivity index (χ3v) is 2.82. The first-order chi connectivity index (χ1) is 10.1. The number of rotatable bonds is 3. The summed E-state index contributed by atoms with van der Waals surface area (Å²) in [6.07, 6.45) is -5.12. The van der Waals surface area contributed by atoms with Crippen LogP contribution in [0.25, 0.3) is 16.7 Å². The first kappa shape index (κ1) is 15.9. The largest absolute Gasteiger partial charge is 0.507 e. The molecule has 0 spiro atoms. The van der Waals surface area contributed by atoms with Gasteiger partial charge in [-0.05, 0) is 12.1 Å². The number of carbonyl (C=O) groups excluding carboxylic acids is 1. The van der Waals surface area contributed by atoms with Gasteiger partial charge in [0.15, 0.2) is 0 Å². The molecule has 116 valence electrons. The van der Waals surface area contributed by atoms with Gasteiger partial charge in [-0.1, -0.05) is 18.2 Å². The van der Waals surface area contributed by atoms with Crippen LogP contribution in [0.1, 0.15) is 5.56 Å². The van der Waals surface area contributed by atoms with Gasteiger partial charge < -0.3 is 5.11 Å². The van der Waals surface area contributed by atoms with Crippen molar-refractivity contribution >= 4 is 22.4 Å². The van der Waals surface area contributed by atoms with E-state index >= 15 is 0 Å². The van der Waals surface area contributed by atoms with E-state index in [1.165, 1.54) is 6.07 Å². The maximum absolute atomic E-state index is 12.8. The molecule has 0 bridgehead atoms. The van der Waals surface area contributed by atoms with Crippen LogP contribution in [-0.2, 0) is 4.79 Å². The molecule has 0 saturated carbocycles. The maximum atomic E-state index is 12.8. The van der Waals surface area contributed by atoms with E-state index in [0.717, 1.165) is 6.20 Å². The summed E-state index contributed by atoms with van der Waals surface area (Å²) in [6.45, 7) is 0. The van der Waals surface area contributed by atoms with Crippen LogP contribution in [0.4, 0.5) is 22.0 Å². The first-order valence-electron chi connectivity index (χ1n) is 5.88. The third-order valence-electron chi connectivity index (χ3n) is 2.82. The van der Waals surface area contributed by atoms with Gasteiger partial charge in [0.05, 0.1) is 5.52 Å². The predicted molar refractivity (Wildman–Crippen MR) is 68.4 cm³/mol. The predicted octanol–water partition coefficient (Wildman–Crippen LogP) is 3.90. The lowest BCUT2D eigenvalue weighted by atomic mass is 10.1. The fraction of sp³-hybridized carbons (Fsp3) is 0.143. The number of halogens is 5. The van der Waals surface area contributed by atoms with Crippen molar-refractivity contribution in [1.82, 2.24) is 4.98 Å². The highest BCUT2D eigenvalue weighted by molar-refractivity contribution is 6.01. The highest BCUT2D eigenvalue weighted by Crippen LogP contribution is 2.36. The zero-order valence-corrected chi connectivity index (χ0v) is 10.7. The van der Waals surface area contributed by atoms with Crippen molar-refractivity contribution in [3.63, 3.8) is 0 Å². The standard InChI is InChI=1S/C14H8F5NO2/c15-13(16,14(17,18)19)12(22)6-11(21)9-5-8-3-1-2-4-10(8)20-7-9/h1-7,21H/b11-6-. The van der Waals surface area contributed by atoms with E-state index in [-0.39, 0.29) is 11.6 Å². The summed E-state index contributed by atoms with van der Waals surface area (Å²) in [4.78, 5) is 14.9. The van der Waals surface area contributed by atoms with Gasteiger partial charge in [0, 0.05) is 23.2 Å². The number of fused-ring (bicyclic) bond motifs is 1. The maximum Gasteiger partial charge on any atom is 0.461 e. The number of allylic oxidation sites excluding steroid dienone is 1. The quantitative estimate of drug-likeness (QED) is 0.531. The molecule has 0 aliphatic carbocycles. The second-order valence-corrected chi connectivity index (χ2v) is 4.38. The van der Waals surface area contributed by atoms with Crippen LogP contribution in [0.3, 0.4) is 0 Å². The lowest BCUT2D eigenvalue weighted by Gasteiger charge is -2.16. The molecule has 0 saturated heterocycles. The Morgan fingerprint density at radius 2 is 1.77 bits per heavy atom. The van der Waals surface area contributed by atoms with Crippen LogP contribution >= 0.6 is 0 Å². The normalized spacial score (nSPS) is 13.4. The Morgan fingerprint density at radius 3 is 2.41 bits per heavy atom. The van der Waals surface area contributed by atoms with E-state index in [2.05, 4.69) is 4.98 Å². The van der Waals surface area contributed by atoms with Gasteiger partial charge in [0.25, 0.3) is 0 Å². The average molecular weight is 317 g/mol. The molecular formula is C14H8F5NO2. The first-order valence-corrected chi connectivity index (χ1v) is 5.88. The van der Waals surface area contributed by atoms with Crippen LogP contribution in [0.2, 0.25) is 0 Å². The molecule has 1 aromatic carbocycles. The smallest absolute Gasteiger partial charge is 0.461 e. The number of ketones is 1. The van der Waals surface area contributed by atoms with Gasteiger partial charge in [0.2, 0.25) is 5.78 Å². The monoisotopic (exact) mass is 317 g/mol. The fourth-order valence-electron chi connectivity index (χ4n) is 1.65. The molecule has 0 aliphatic heterocycles. The van der Waals surface area contributed by atoms with Gasteiger partial charge in [-0.2, -0.15) is 22.0 Å². The van der Waals surface area contributed by atoms with Crippen molar-refractivity contribution < 1.29 is 31.9 Å². The van der Waals surface area contributed by atoms with Gasteiger partial charge >= 0.3 is 12.1 Å². The SMILES string of the molecule is O=C(/C=C(\O)c1cnc2ccccc2c1)C(F)(F)C(F)(F)F. The van der Waals surface area contributed by atoms with Crippen LogP contribution < -0.4 is 0 Å². The molecule has 2 rings (SSSR count). The van der Waals surface area contributed by atoms with E-state index in [1.54, 1.807) is 24.3 Å². The fourth-order valence-corrected chi connectivity index (χ4v) is 1.65. The second kappa shape index (κ2) is 5.36. The Hall–Kier alpha value is -2.51. The second-order valence-electron chi connectivity index (χ2n) is 4.38. The summed E-state index contributed by atoms with van der Waals surface area (Å²) < 4.78 is 61.8. The van der Waals surface area contributed by atoms with Crippen molar-refractivity contribution in [1.29, 1.82) is 0 Å². The van der Waals surface area contributed by atoms with Crippen LogP contribution in [-0.4, -0.2) is 28.0 Å². The summed E-state index contributed by atoms with van der Waals surface area (Å²) in [5, 5.41) is 10.1. The van der Waals surface area contributed by atoms with Crippen molar-refractivity contribution in [3.05, 3.63) is 48.2 Å². The third kappa shape index (κ3) is 2.90. The topological polar surface area (TPSA) is 50.2 Å². The average Bonchev–Trinajstić information content (AvgIpc) is 2.45. The number of pyridine rings is 1. The number of aromatic nitrogens is 1. The van der Waals surface area contributed by atoms with Crippen LogP contribution in [0.5, 0.6) is 0 Å². The number of hydrogen-bond donors (Lipinski definition) is 1. The van der Waals surface area contributed by atoms with E-state index < -0.39 is 23.6 Å². The number of hydrogen-bond acceptors (Lipinski definition) is 3. The molecule has 8 heteroatoms. The number of aliphatic hydroxyl groups excluding tert-OH is 1. The number of para-hydroxylation sites is 1. The molecule has 1 N–H and O–H groups in total. The number of benzene rings is 1. The molecule has 0 amide bonds. The Kier molecular flexibility index (Phi) is 3.87. The zero-order valence-electron chi connectivity index (χ0n) is 10.7. The van der Waals surface area contributed by atoms with Crippen molar-refractivity contribution in [2.24, 2.45) is 0 Å². The number of carbonyl (C=O) groups is 1. The minimum Gasteiger partial charge on any atom is -0.507 e. The number of nitrogens with zero attached hydrogens (tertiary/aromatic N) is 1.